The summed E-state index contributed by atoms with van der Waals surface area (Å²) in [6, 6.07) is 20.1. The molecule has 2 aromatic rings. The molecule has 0 aliphatic heterocycles. The number of methoxy groups -OCH3 is 1. The van der Waals surface area contributed by atoms with Crippen LogP contribution in [0, 0.1) is 11.8 Å². The number of hydrogen-bond donors (Lipinski definition) is 0. The van der Waals surface area contributed by atoms with Crippen molar-refractivity contribution in [1.29, 1.82) is 0 Å². The molecular formula is C25H34O4. The smallest absolute Gasteiger partial charge is 0.309 e. The molecule has 2 rings (SSSR count). The molecule has 158 valence electrons. The van der Waals surface area contributed by atoms with Gasteiger partial charge in [0.2, 0.25) is 0 Å². The molecule has 0 saturated heterocycles. The topological polar surface area (TPSA) is 44.8 Å². The van der Waals surface area contributed by atoms with E-state index in [0.717, 1.165) is 17.5 Å². The van der Waals surface area contributed by atoms with Gasteiger partial charge in [0, 0.05) is 7.11 Å². The fourth-order valence-corrected chi connectivity index (χ4v) is 3.60. The average Bonchev–Trinajstić information content (AvgIpc) is 2.73. The molecule has 0 saturated carbocycles. The van der Waals surface area contributed by atoms with Crippen molar-refractivity contribution in [2.45, 2.75) is 52.4 Å². The quantitative estimate of drug-likeness (QED) is 0.438. The van der Waals surface area contributed by atoms with Gasteiger partial charge < -0.3 is 14.2 Å². The van der Waals surface area contributed by atoms with Crippen molar-refractivity contribution in [3.05, 3.63) is 71.8 Å². The van der Waals surface area contributed by atoms with Crippen LogP contribution in [-0.2, 0) is 25.6 Å². The summed E-state index contributed by atoms with van der Waals surface area (Å²) < 4.78 is 17.6. The summed E-state index contributed by atoms with van der Waals surface area (Å²) in [6.07, 6.45) is 0.784. The zero-order valence-electron chi connectivity index (χ0n) is 18.0. The Morgan fingerprint density at radius 2 is 1.55 bits per heavy atom. The Kier molecular flexibility index (Phi) is 9.89. The van der Waals surface area contributed by atoms with E-state index in [1.165, 1.54) is 0 Å². The molecule has 0 radical (unpaired) electrons. The van der Waals surface area contributed by atoms with Crippen LogP contribution in [0.25, 0.3) is 0 Å². The molecule has 0 aromatic heterocycles. The Morgan fingerprint density at radius 1 is 0.931 bits per heavy atom. The first-order valence-electron chi connectivity index (χ1n) is 10.4. The first kappa shape index (κ1) is 23.1. The molecule has 0 spiro atoms. The van der Waals surface area contributed by atoms with Gasteiger partial charge in [0.05, 0.1) is 25.2 Å². The number of benzene rings is 2. The molecule has 0 aliphatic carbocycles. The van der Waals surface area contributed by atoms with Crippen molar-refractivity contribution >= 4 is 5.97 Å². The number of carbonyl (C=O) groups excluding carboxylic acids is 1. The van der Waals surface area contributed by atoms with Gasteiger partial charge in [-0.2, -0.15) is 0 Å². The highest BCUT2D eigenvalue weighted by Gasteiger charge is 2.31. The van der Waals surface area contributed by atoms with Gasteiger partial charge in [-0.25, -0.2) is 0 Å². The van der Waals surface area contributed by atoms with Crippen LogP contribution in [-0.4, -0.2) is 25.8 Å². The van der Waals surface area contributed by atoms with Crippen molar-refractivity contribution < 1.29 is 19.0 Å². The molecule has 0 aliphatic rings. The zero-order chi connectivity index (χ0) is 21.1. The van der Waals surface area contributed by atoms with E-state index in [1.807, 2.05) is 67.6 Å². The van der Waals surface area contributed by atoms with E-state index in [9.17, 15) is 4.79 Å². The van der Waals surface area contributed by atoms with Gasteiger partial charge in [0.15, 0.2) is 0 Å². The van der Waals surface area contributed by atoms with Gasteiger partial charge in [0.25, 0.3) is 0 Å². The molecule has 0 bridgehead atoms. The van der Waals surface area contributed by atoms with Crippen LogP contribution in [0.2, 0.25) is 0 Å². The minimum absolute atomic E-state index is 0.155. The standard InChI is InChI=1S/C25H34O4/c1-5-28-25(26)22(16-19(2)3)17-23(29-18-20-12-8-6-9-13-20)24(27-4)21-14-10-7-11-15-21/h6-15,19,22-24H,5,16-18H2,1-4H3/t22-,23+,24+/m1/s1. The minimum atomic E-state index is -0.268. The molecule has 4 heteroatoms. The van der Waals surface area contributed by atoms with E-state index in [2.05, 4.69) is 13.8 Å². The second kappa shape index (κ2) is 12.4. The van der Waals surface area contributed by atoms with Crippen LogP contribution in [0.15, 0.2) is 60.7 Å². The molecule has 0 unspecified atom stereocenters. The first-order chi connectivity index (χ1) is 14.0. The monoisotopic (exact) mass is 398 g/mol. The van der Waals surface area contributed by atoms with Crippen LogP contribution in [0.5, 0.6) is 0 Å². The van der Waals surface area contributed by atoms with Gasteiger partial charge in [-0.3, -0.25) is 4.79 Å². The minimum Gasteiger partial charge on any atom is -0.466 e. The highest BCUT2D eigenvalue weighted by Crippen LogP contribution is 2.31. The van der Waals surface area contributed by atoms with Gasteiger partial charge in [-0.1, -0.05) is 74.5 Å². The summed E-state index contributed by atoms with van der Waals surface area (Å²) in [5.41, 5.74) is 2.14. The number of ether oxygens (including phenoxy) is 3. The van der Waals surface area contributed by atoms with Crippen LogP contribution >= 0.6 is 0 Å². The van der Waals surface area contributed by atoms with E-state index in [-0.39, 0.29) is 24.1 Å². The maximum absolute atomic E-state index is 12.6. The highest BCUT2D eigenvalue weighted by molar-refractivity contribution is 5.72. The molecule has 0 N–H and O–H groups in total. The van der Waals surface area contributed by atoms with E-state index < -0.39 is 0 Å². The van der Waals surface area contributed by atoms with Gasteiger partial charge in [-0.05, 0) is 36.8 Å². The average molecular weight is 399 g/mol. The Balaban J connectivity index is 2.24. The summed E-state index contributed by atoms with van der Waals surface area (Å²) in [5, 5.41) is 0. The van der Waals surface area contributed by atoms with Gasteiger partial charge >= 0.3 is 5.97 Å². The van der Waals surface area contributed by atoms with Gasteiger partial charge in [0.1, 0.15) is 6.10 Å². The van der Waals surface area contributed by atoms with E-state index >= 15 is 0 Å². The summed E-state index contributed by atoms with van der Waals surface area (Å²) in [6.45, 7) is 6.94. The lowest BCUT2D eigenvalue weighted by Gasteiger charge is -2.30. The maximum atomic E-state index is 12.6. The third-order valence-corrected chi connectivity index (χ3v) is 4.92. The third-order valence-electron chi connectivity index (χ3n) is 4.92. The Hall–Kier alpha value is -2.17. The van der Waals surface area contributed by atoms with Crippen LogP contribution < -0.4 is 0 Å². The predicted molar refractivity (Wildman–Crippen MR) is 115 cm³/mol. The number of hydrogen-bond acceptors (Lipinski definition) is 4. The first-order valence-corrected chi connectivity index (χ1v) is 10.4. The summed E-state index contributed by atoms with van der Waals surface area (Å²) >= 11 is 0. The molecule has 2 aromatic carbocycles. The van der Waals surface area contributed by atoms with Crippen molar-refractivity contribution in [3.8, 4) is 0 Å². The highest BCUT2D eigenvalue weighted by atomic mass is 16.5. The lowest BCUT2D eigenvalue weighted by Crippen LogP contribution is -2.31. The summed E-state index contributed by atoms with van der Waals surface area (Å²) in [7, 11) is 1.69. The fraction of sp³-hybridized carbons (Fsp3) is 0.480. The lowest BCUT2D eigenvalue weighted by atomic mass is 9.88. The Bertz CT molecular complexity index is 699. The maximum Gasteiger partial charge on any atom is 0.309 e. The summed E-state index contributed by atoms with van der Waals surface area (Å²) in [4.78, 5) is 12.6. The van der Waals surface area contributed by atoms with Crippen molar-refractivity contribution in [2.24, 2.45) is 11.8 Å². The SMILES string of the molecule is CCOC(=O)[C@H](CC(C)C)C[C@H](OCc1ccccc1)[C@@H](OC)c1ccccc1. The van der Waals surface area contributed by atoms with Gasteiger partial charge in [-0.15, -0.1) is 0 Å². The van der Waals surface area contributed by atoms with Crippen LogP contribution in [0.3, 0.4) is 0 Å². The Labute approximate surface area is 175 Å². The van der Waals surface area contributed by atoms with Crippen molar-refractivity contribution in [3.63, 3.8) is 0 Å². The van der Waals surface area contributed by atoms with Crippen LogP contribution in [0.4, 0.5) is 0 Å². The van der Waals surface area contributed by atoms with Crippen LogP contribution in [0.1, 0.15) is 50.8 Å². The van der Waals surface area contributed by atoms with Crippen molar-refractivity contribution in [1.82, 2.24) is 0 Å². The molecule has 0 amide bonds. The lowest BCUT2D eigenvalue weighted by molar-refractivity contribution is -0.152. The second-order valence-corrected chi connectivity index (χ2v) is 7.72. The number of rotatable bonds is 12. The van der Waals surface area contributed by atoms with E-state index in [0.29, 0.717) is 25.6 Å². The number of carbonyl (C=O) groups is 1. The van der Waals surface area contributed by atoms with E-state index in [4.69, 9.17) is 14.2 Å². The molecule has 4 nitrogen and oxygen atoms in total. The number of esters is 1. The largest absolute Gasteiger partial charge is 0.466 e. The fourth-order valence-electron chi connectivity index (χ4n) is 3.60. The molecule has 3 atom stereocenters. The molecule has 0 heterocycles. The zero-order valence-corrected chi connectivity index (χ0v) is 18.0. The van der Waals surface area contributed by atoms with E-state index in [1.54, 1.807) is 7.11 Å². The third kappa shape index (κ3) is 7.64. The molecular weight excluding hydrogens is 364 g/mol. The predicted octanol–water partition coefficient (Wildman–Crippen LogP) is 5.58. The normalized spacial score (nSPS) is 14.4. The second-order valence-electron chi connectivity index (χ2n) is 7.72. The molecule has 0 fully saturated rings. The van der Waals surface area contributed by atoms with Crippen molar-refractivity contribution in [2.75, 3.05) is 13.7 Å². The Morgan fingerprint density at radius 3 is 2.10 bits per heavy atom. The summed E-state index contributed by atoms with van der Waals surface area (Å²) in [5.74, 6) is 0.00594. The molecule has 29 heavy (non-hydrogen) atoms.